The zero-order chi connectivity index (χ0) is 18.2. The number of aromatic nitrogens is 5. The third kappa shape index (κ3) is 1.76. The van der Waals surface area contributed by atoms with Crippen molar-refractivity contribution in [3.05, 3.63) is 48.0 Å². The van der Waals surface area contributed by atoms with Crippen LogP contribution < -0.4 is 10.0 Å². The number of rotatable bonds is 2. The highest BCUT2D eigenvalue weighted by Crippen LogP contribution is 2.50. The zero-order valence-corrected chi connectivity index (χ0v) is 14.6. The highest BCUT2D eigenvalue weighted by atomic mass is 15.7. The van der Waals surface area contributed by atoms with Crippen molar-refractivity contribution in [2.24, 2.45) is 4.99 Å². The van der Waals surface area contributed by atoms with E-state index < -0.39 is 0 Å². The van der Waals surface area contributed by atoms with Gasteiger partial charge in [0, 0.05) is 11.0 Å². The quantitative estimate of drug-likeness (QED) is 0.695. The molecule has 0 unspecified atom stereocenters. The van der Waals surface area contributed by atoms with Gasteiger partial charge < -0.3 is 0 Å². The molecule has 1 aliphatic carbocycles. The van der Waals surface area contributed by atoms with Crippen LogP contribution in [0.4, 0.5) is 11.6 Å². The third-order valence-corrected chi connectivity index (χ3v) is 5.59. The van der Waals surface area contributed by atoms with Crippen LogP contribution in [0.5, 0.6) is 0 Å². The molecule has 6 rings (SSSR count). The van der Waals surface area contributed by atoms with Crippen LogP contribution in [-0.2, 0) is 5.41 Å². The molecule has 4 heterocycles. The topological polar surface area (TPSA) is 91.2 Å². The van der Waals surface area contributed by atoms with Gasteiger partial charge in [0.05, 0.1) is 11.9 Å². The lowest BCUT2D eigenvalue weighted by molar-refractivity contribution is 0.731. The number of aliphatic imine (C=N–C) groups is 1. The molecule has 2 aromatic heterocycles. The van der Waals surface area contributed by atoms with Crippen molar-refractivity contribution in [3.8, 4) is 11.9 Å². The van der Waals surface area contributed by atoms with Crippen molar-refractivity contribution in [1.29, 1.82) is 5.26 Å². The van der Waals surface area contributed by atoms with Gasteiger partial charge in [-0.2, -0.15) is 5.26 Å². The second-order valence-corrected chi connectivity index (χ2v) is 7.31. The van der Waals surface area contributed by atoms with E-state index in [1.807, 2.05) is 32.9 Å². The van der Waals surface area contributed by atoms with Crippen LogP contribution in [0.15, 0.2) is 41.8 Å². The van der Waals surface area contributed by atoms with Crippen molar-refractivity contribution >= 4 is 17.5 Å². The minimum absolute atomic E-state index is 0.0267. The summed E-state index contributed by atoms with van der Waals surface area (Å²) in [5, 5.41) is 22.0. The van der Waals surface area contributed by atoms with Gasteiger partial charge in [0.25, 0.3) is 0 Å². The van der Waals surface area contributed by atoms with Gasteiger partial charge in [-0.15, -0.1) is 9.78 Å². The monoisotopic (exact) mass is 357 g/mol. The fourth-order valence-electron chi connectivity index (χ4n) is 3.87. The lowest BCUT2D eigenvalue weighted by Gasteiger charge is -2.35. The molecule has 132 valence electrons. The van der Waals surface area contributed by atoms with E-state index in [0.29, 0.717) is 12.5 Å². The molecule has 0 bridgehead atoms. The molecule has 0 atom stereocenters. The number of para-hydroxylation sites is 1. The Morgan fingerprint density at radius 2 is 2.07 bits per heavy atom. The normalized spacial score (nSPS) is 18.4. The summed E-state index contributed by atoms with van der Waals surface area (Å²) in [6, 6.07) is 8.12. The van der Waals surface area contributed by atoms with E-state index in [4.69, 9.17) is 4.99 Å². The summed E-state index contributed by atoms with van der Waals surface area (Å²) in [6.45, 7) is 2.56. The van der Waals surface area contributed by atoms with Gasteiger partial charge in [0.2, 0.25) is 6.19 Å². The van der Waals surface area contributed by atoms with Crippen LogP contribution in [0.3, 0.4) is 0 Å². The molecule has 9 nitrogen and oxygen atoms in total. The van der Waals surface area contributed by atoms with E-state index in [2.05, 4.69) is 40.5 Å². The Bertz CT molecular complexity index is 1160. The molecule has 2 aliphatic heterocycles. The molecule has 1 aromatic carbocycles. The number of hydrazine groups is 1. The molecular formula is C18H15N9. The van der Waals surface area contributed by atoms with Gasteiger partial charge in [-0.3, -0.25) is 4.57 Å². The number of hydrogen-bond acceptors (Lipinski definition) is 7. The second-order valence-electron chi connectivity index (χ2n) is 7.31. The van der Waals surface area contributed by atoms with E-state index in [0.717, 1.165) is 41.4 Å². The number of benzene rings is 1. The fourth-order valence-corrected chi connectivity index (χ4v) is 3.87. The van der Waals surface area contributed by atoms with Gasteiger partial charge >= 0.3 is 0 Å². The molecule has 0 N–H and O–H groups in total. The van der Waals surface area contributed by atoms with E-state index in [1.165, 1.54) is 4.68 Å². The number of nitrogens with zero attached hydrogens (tertiary/aromatic N) is 9. The molecule has 1 saturated carbocycles. The average Bonchev–Trinajstić information content (AvgIpc) is 3.13. The maximum absolute atomic E-state index is 9.60. The van der Waals surface area contributed by atoms with Gasteiger partial charge in [0.1, 0.15) is 18.7 Å². The summed E-state index contributed by atoms with van der Waals surface area (Å²) in [5.74, 6) is 2.40. The highest BCUT2D eigenvalue weighted by Gasteiger charge is 2.48. The lowest BCUT2D eigenvalue weighted by atomic mass is 10.1. The van der Waals surface area contributed by atoms with Crippen LogP contribution in [0.25, 0.3) is 5.69 Å². The minimum atomic E-state index is -0.0267. The first-order valence-corrected chi connectivity index (χ1v) is 8.82. The number of nitriles is 1. The molecule has 0 radical (unpaired) electrons. The SMILES string of the molecule is CC1(c2nnn(C#N)c2N2CN=C3c4ccccc4-n4cncc4N32)CC1. The number of fused-ring (bicyclic) bond motifs is 6. The molecule has 27 heavy (non-hydrogen) atoms. The Morgan fingerprint density at radius 3 is 2.89 bits per heavy atom. The number of imidazole rings is 1. The average molecular weight is 357 g/mol. The van der Waals surface area contributed by atoms with Gasteiger partial charge in [0.15, 0.2) is 17.5 Å². The van der Waals surface area contributed by atoms with Crippen LogP contribution in [-0.4, -0.2) is 37.0 Å². The summed E-state index contributed by atoms with van der Waals surface area (Å²) in [7, 11) is 0. The standard InChI is InChI=1S/C18H15N9/c1-18(6-7-18)15-17(25(9-19)23-22-15)26-11-21-16-12-4-2-3-5-13(12)24-10-20-8-14(24)27(16)26/h2-5,8,10H,6-7,11H2,1H3. The maximum atomic E-state index is 9.60. The summed E-state index contributed by atoms with van der Waals surface area (Å²) < 4.78 is 3.32. The smallest absolute Gasteiger partial charge is 0.210 e. The van der Waals surface area contributed by atoms with E-state index in [1.54, 1.807) is 6.33 Å². The largest absolute Gasteiger partial charge is 0.283 e. The fraction of sp³-hybridized carbons (Fsp3) is 0.278. The Labute approximate surface area is 154 Å². The van der Waals surface area contributed by atoms with E-state index in [9.17, 15) is 5.26 Å². The zero-order valence-electron chi connectivity index (χ0n) is 14.6. The van der Waals surface area contributed by atoms with Crippen molar-refractivity contribution < 1.29 is 0 Å². The molecule has 1 fully saturated rings. The van der Waals surface area contributed by atoms with Crippen molar-refractivity contribution in [2.75, 3.05) is 16.7 Å². The summed E-state index contributed by atoms with van der Waals surface area (Å²) in [4.78, 5) is 9.12. The molecule has 3 aliphatic rings. The van der Waals surface area contributed by atoms with Crippen molar-refractivity contribution in [2.45, 2.75) is 25.2 Å². The molecule has 0 saturated heterocycles. The first-order valence-electron chi connectivity index (χ1n) is 8.82. The maximum Gasteiger partial charge on any atom is 0.210 e. The van der Waals surface area contributed by atoms with E-state index >= 15 is 0 Å². The Balaban J connectivity index is 1.55. The van der Waals surface area contributed by atoms with E-state index in [-0.39, 0.29) is 5.41 Å². The summed E-state index contributed by atoms with van der Waals surface area (Å²) in [6.07, 6.45) is 7.83. The number of amidine groups is 1. The Kier molecular flexibility index (Phi) is 2.54. The number of hydrogen-bond donors (Lipinski definition) is 0. The molecular weight excluding hydrogens is 342 g/mol. The minimum Gasteiger partial charge on any atom is -0.283 e. The molecule has 0 spiro atoms. The van der Waals surface area contributed by atoms with Crippen LogP contribution >= 0.6 is 0 Å². The summed E-state index contributed by atoms with van der Waals surface area (Å²) >= 11 is 0. The third-order valence-electron chi connectivity index (χ3n) is 5.59. The number of anilines is 2. The van der Waals surface area contributed by atoms with Gasteiger partial charge in [-0.25, -0.2) is 20.0 Å². The predicted octanol–water partition coefficient (Wildman–Crippen LogP) is 1.80. The van der Waals surface area contributed by atoms with Crippen molar-refractivity contribution in [3.63, 3.8) is 0 Å². The summed E-state index contributed by atoms with van der Waals surface area (Å²) in [5.41, 5.74) is 2.90. The van der Waals surface area contributed by atoms with Crippen LogP contribution in [0, 0.1) is 11.5 Å². The Morgan fingerprint density at radius 1 is 1.22 bits per heavy atom. The lowest BCUT2D eigenvalue weighted by Crippen LogP contribution is -2.46. The molecule has 3 aromatic rings. The first kappa shape index (κ1) is 14.5. The predicted molar refractivity (Wildman–Crippen MR) is 97.5 cm³/mol. The first-order chi connectivity index (χ1) is 13.2. The molecule has 0 amide bonds. The molecule has 9 heteroatoms. The Hall–Kier alpha value is -3.67. The van der Waals surface area contributed by atoms with Gasteiger partial charge in [-0.05, 0) is 25.0 Å². The van der Waals surface area contributed by atoms with Crippen LogP contribution in [0.1, 0.15) is 31.0 Å². The van der Waals surface area contributed by atoms with Crippen molar-refractivity contribution in [1.82, 2.24) is 24.5 Å². The van der Waals surface area contributed by atoms with Gasteiger partial charge in [-0.1, -0.05) is 24.3 Å². The van der Waals surface area contributed by atoms with Crippen LogP contribution in [0.2, 0.25) is 0 Å². The second kappa shape index (κ2) is 4.73. The highest BCUT2D eigenvalue weighted by molar-refractivity contribution is 6.16.